The number of rotatable bonds is 0. The van der Waals surface area contributed by atoms with Crippen molar-refractivity contribution in [3.05, 3.63) is 27.1 Å². The topological polar surface area (TPSA) is 47.3 Å². The fourth-order valence-electron chi connectivity index (χ4n) is 3.96. The molecule has 2 heterocycles. The van der Waals surface area contributed by atoms with E-state index in [1.807, 2.05) is 6.20 Å². The van der Waals surface area contributed by atoms with Crippen LogP contribution in [0.3, 0.4) is 0 Å². The summed E-state index contributed by atoms with van der Waals surface area (Å²) in [4.78, 5) is 16.4. The van der Waals surface area contributed by atoms with E-state index in [1.54, 1.807) is 4.40 Å². The minimum Gasteiger partial charge on any atom is -0.255 e. The van der Waals surface area contributed by atoms with Crippen LogP contribution >= 0.6 is 11.5 Å². The van der Waals surface area contributed by atoms with Gasteiger partial charge in [0, 0.05) is 23.1 Å². The summed E-state index contributed by atoms with van der Waals surface area (Å²) in [6, 6.07) is 0. The van der Waals surface area contributed by atoms with Crippen molar-refractivity contribution >= 4 is 17.3 Å². The fourth-order valence-corrected chi connectivity index (χ4v) is 4.48. The molecule has 5 heteroatoms. The second-order valence-electron chi connectivity index (χ2n) is 6.31. The van der Waals surface area contributed by atoms with Crippen LogP contribution in [-0.2, 0) is 5.41 Å². The van der Waals surface area contributed by atoms with Crippen LogP contribution in [0.25, 0.3) is 5.78 Å². The molecule has 2 atom stereocenters. The Hall–Kier alpha value is -1.23. The highest BCUT2D eigenvalue weighted by molar-refractivity contribution is 7.03. The van der Waals surface area contributed by atoms with Gasteiger partial charge in [0.05, 0.1) is 5.69 Å². The van der Waals surface area contributed by atoms with E-state index >= 15 is 0 Å². The summed E-state index contributed by atoms with van der Waals surface area (Å²) >= 11 is 0.986. The van der Waals surface area contributed by atoms with Crippen molar-refractivity contribution < 1.29 is 0 Å². The summed E-state index contributed by atoms with van der Waals surface area (Å²) < 4.78 is 5.74. The average Bonchev–Trinajstić information content (AvgIpc) is 2.84. The summed E-state index contributed by atoms with van der Waals surface area (Å²) in [5.41, 5.74) is 2.81. The third-order valence-corrected chi connectivity index (χ3v) is 6.10. The molecule has 0 saturated heterocycles. The quantitative estimate of drug-likeness (QED) is 0.731. The van der Waals surface area contributed by atoms with Gasteiger partial charge < -0.3 is 0 Å². The van der Waals surface area contributed by atoms with E-state index in [1.165, 1.54) is 24.1 Å². The molecule has 94 valence electrons. The van der Waals surface area contributed by atoms with E-state index in [0.717, 1.165) is 11.5 Å². The molecule has 2 aliphatic rings. The van der Waals surface area contributed by atoms with Crippen molar-refractivity contribution in [2.24, 2.45) is 5.41 Å². The minimum atomic E-state index is -0.0361. The van der Waals surface area contributed by atoms with Gasteiger partial charge in [-0.05, 0) is 29.7 Å². The molecule has 4 nitrogen and oxygen atoms in total. The number of nitrogens with zero attached hydrogens (tertiary/aromatic N) is 3. The maximum Gasteiger partial charge on any atom is 0.331 e. The highest BCUT2D eigenvalue weighted by Crippen LogP contribution is 2.66. The Morgan fingerprint density at radius 3 is 3.00 bits per heavy atom. The highest BCUT2D eigenvalue weighted by atomic mass is 32.1. The van der Waals surface area contributed by atoms with E-state index in [-0.39, 0.29) is 15.7 Å². The summed E-state index contributed by atoms with van der Waals surface area (Å²) in [6.07, 6.45) is 4.38. The zero-order valence-corrected chi connectivity index (χ0v) is 11.5. The Morgan fingerprint density at radius 1 is 1.44 bits per heavy atom. The highest BCUT2D eigenvalue weighted by Gasteiger charge is 2.60. The van der Waals surface area contributed by atoms with Crippen LogP contribution in [0.4, 0.5) is 0 Å². The normalized spacial score (nSPS) is 32.1. The van der Waals surface area contributed by atoms with Gasteiger partial charge in [-0.25, -0.2) is 9.38 Å². The van der Waals surface area contributed by atoms with Crippen molar-refractivity contribution in [2.45, 2.75) is 44.9 Å². The first-order valence-electron chi connectivity index (χ1n) is 6.34. The van der Waals surface area contributed by atoms with Gasteiger partial charge in [-0.2, -0.15) is 0 Å². The smallest absolute Gasteiger partial charge is 0.255 e. The molecule has 1 fully saturated rings. The first-order valence-corrected chi connectivity index (χ1v) is 7.12. The van der Waals surface area contributed by atoms with Crippen LogP contribution < -0.4 is 4.87 Å². The first kappa shape index (κ1) is 10.7. The molecule has 0 radical (unpaired) electrons. The van der Waals surface area contributed by atoms with Crippen molar-refractivity contribution in [3.8, 4) is 0 Å². The van der Waals surface area contributed by atoms with Gasteiger partial charge in [-0.15, -0.1) is 4.37 Å². The maximum absolute atomic E-state index is 11.7. The van der Waals surface area contributed by atoms with Gasteiger partial charge in [0.2, 0.25) is 5.78 Å². The lowest BCUT2D eigenvalue weighted by atomic mass is 9.70. The lowest BCUT2D eigenvalue weighted by Gasteiger charge is -2.34. The van der Waals surface area contributed by atoms with Crippen LogP contribution in [0.2, 0.25) is 0 Å². The van der Waals surface area contributed by atoms with E-state index in [9.17, 15) is 4.79 Å². The van der Waals surface area contributed by atoms with Crippen LogP contribution in [0.1, 0.15) is 50.8 Å². The second kappa shape index (κ2) is 2.85. The van der Waals surface area contributed by atoms with Crippen LogP contribution in [0.5, 0.6) is 0 Å². The molecule has 0 unspecified atom stereocenters. The molecule has 0 amide bonds. The predicted molar refractivity (Wildman–Crippen MR) is 70.2 cm³/mol. The standard InChI is InChI=1S/C13H15N3OS/c1-12(2)8-4-5-13(12,3)9-7(8)6-16-10(14-9)15-18-11(16)17/h6,8H,4-5H2,1-3H3/t8-,13+/m1/s1. The molecule has 0 aromatic carbocycles. The number of fused-ring (bicyclic) bond motifs is 6. The predicted octanol–water partition coefficient (Wildman–Crippen LogP) is 2.33. The second-order valence-corrected chi connectivity index (χ2v) is 7.02. The Morgan fingerprint density at radius 2 is 2.22 bits per heavy atom. The summed E-state index contributed by atoms with van der Waals surface area (Å²) in [5.74, 6) is 1.09. The van der Waals surface area contributed by atoms with Gasteiger partial charge in [0.25, 0.3) is 0 Å². The molecule has 18 heavy (non-hydrogen) atoms. The summed E-state index contributed by atoms with van der Waals surface area (Å²) in [7, 11) is 0. The molecule has 0 N–H and O–H groups in total. The molecule has 0 spiro atoms. The maximum atomic E-state index is 11.7. The van der Waals surface area contributed by atoms with E-state index < -0.39 is 0 Å². The fraction of sp³-hybridized carbons (Fsp3) is 0.615. The molecule has 2 aromatic rings. The van der Waals surface area contributed by atoms with Crippen LogP contribution in [0, 0.1) is 5.41 Å². The van der Waals surface area contributed by atoms with Crippen LogP contribution in [-0.4, -0.2) is 13.8 Å². The monoisotopic (exact) mass is 261 g/mol. The third kappa shape index (κ3) is 0.934. The van der Waals surface area contributed by atoms with Gasteiger partial charge in [0.1, 0.15) is 0 Å². The Balaban J connectivity index is 2.12. The van der Waals surface area contributed by atoms with Gasteiger partial charge >= 0.3 is 4.87 Å². The number of hydrogen-bond acceptors (Lipinski definition) is 4. The molecule has 2 aromatic heterocycles. The SMILES string of the molecule is CC1(C)[C@@H]2CC[C@@]1(C)c1nc3nsc(=O)n3cc12. The van der Waals surface area contributed by atoms with Crippen molar-refractivity contribution in [2.75, 3.05) is 0 Å². The Bertz CT molecular complexity index is 729. The van der Waals surface area contributed by atoms with Crippen LogP contribution in [0.15, 0.2) is 11.0 Å². The molecule has 2 bridgehead atoms. The summed E-state index contributed by atoms with van der Waals surface area (Å²) in [6.45, 7) is 6.97. The number of hydrogen-bond donors (Lipinski definition) is 0. The van der Waals surface area contributed by atoms with E-state index in [0.29, 0.717) is 11.7 Å². The summed E-state index contributed by atoms with van der Waals surface area (Å²) in [5, 5.41) is 0. The number of aromatic nitrogens is 3. The zero-order chi connectivity index (χ0) is 12.7. The molecular formula is C13H15N3OS. The molecule has 2 aliphatic carbocycles. The van der Waals surface area contributed by atoms with Crippen molar-refractivity contribution in [1.82, 2.24) is 13.8 Å². The lowest BCUT2D eigenvalue weighted by molar-refractivity contribution is 0.227. The molecule has 4 rings (SSSR count). The third-order valence-electron chi connectivity index (χ3n) is 5.50. The van der Waals surface area contributed by atoms with E-state index in [2.05, 4.69) is 30.1 Å². The van der Waals surface area contributed by atoms with Crippen molar-refractivity contribution in [3.63, 3.8) is 0 Å². The lowest BCUT2D eigenvalue weighted by Crippen LogP contribution is -2.32. The van der Waals surface area contributed by atoms with Crippen molar-refractivity contribution in [1.29, 1.82) is 0 Å². The minimum absolute atomic E-state index is 0.0361. The van der Waals surface area contributed by atoms with Gasteiger partial charge in [0.15, 0.2) is 0 Å². The molecule has 0 aliphatic heterocycles. The van der Waals surface area contributed by atoms with E-state index in [4.69, 9.17) is 0 Å². The van der Waals surface area contributed by atoms with Gasteiger partial charge in [-0.3, -0.25) is 4.79 Å². The van der Waals surface area contributed by atoms with Gasteiger partial charge in [-0.1, -0.05) is 20.8 Å². The average molecular weight is 261 g/mol. The largest absolute Gasteiger partial charge is 0.331 e. The Kier molecular flexibility index (Phi) is 1.69. The molecule has 1 saturated carbocycles. The molecular weight excluding hydrogens is 246 g/mol. The zero-order valence-electron chi connectivity index (χ0n) is 10.7. The first-order chi connectivity index (χ1) is 8.45. The Labute approximate surface area is 109 Å².